The Labute approximate surface area is 151 Å². The monoisotopic (exact) mass is 385 g/mol. The van der Waals surface area contributed by atoms with Gasteiger partial charge in [-0.1, -0.05) is 25.4 Å². The maximum absolute atomic E-state index is 12.9. The first-order valence-electron chi connectivity index (χ1n) is 7.57. The van der Waals surface area contributed by atoms with E-state index in [1.807, 2.05) is 0 Å². The first-order chi connectivity index (χ1) is 11.8. The van der Waals surface area contributed by atoms with Crippen LogP contribution in [-0.4, -0.2) is 31.8 Å². The van der Waals surface area contributed by atoms with Crippen LogP contribution < -0.4 is 4.74 Å². The van der Waals surface area contributed by atoms with E-state index in [9.17, 15) is 17.6 Å². The maximum atomic E-state index is 12.9. The van der Waals surface area contributed by atoms with Gasteiger partial charge in [0.25, 0.3) is 0 Å². The number of halogens is 2. The number of hydrogen-bond donors (Lipinski definition) is 0. The van der Waals surface area contributed by atoms with Gasteiger partial charge in [0.15, 0.2) is 0 Å². The molecular formula is C17H17ClFNO4S. The maximum Gasteiger partial charge on any atom is 0.343 e. The van der Waals surface area contributed by atoms with Gasteiger partial charge < -0.3 is 4.74 Å². The van der Waals surface area contributed by atoms with Crippen LogP contribution in [0.5, 0.6) is 5.75 Å². The average molecular weight is 386 g/mol. The summed E-state index contributed by atoms with van der Waals surface area (Å²) in [7, 11) is -3.82. The van der Waals surface area contributed by atoms with Crippen LogP contribution in [0.1, 0.15) is 24.2 Å². The van der Waals surface area contributed by atoms with E-state index in [0.29, 0.717) is 0 Å². The third-order valence-corrected chi connectivity index (χ3v) is 6.05. The van der Waals surface area contributed by atoms with Crippen molar-refractivity contribution >= 4 is 27.6 Å². The highest BCUT2D eigenvalue weighted by Gasteiger charge is 2.26. The van der Waals surface area contributed by atoms with Gasteiger partial charge in [0.05, 0.1) is 10.6 Å². The highest BCUT2D eigenvalue weighted by Crippen LogP contribution is 2.26. The van der Waals surface area contributed by atoms with Gasteiger partial charge >= 0.3 is 5.97 Å². The molecule has 8 heteroatoms. The Balaban J connectivity index is 2.35. The van der Waals surface area contributed by atoms with Crippen molar-refractivity contribution in [1.29, 1.82) is 0 Å². The van der Waals surface area contributed by atoms with Gasteiger partial charge in [-0.25, -0.2) is 17.6 Å². The standard InChI is InChI=1S/C17H17ClFNO4S/c1-3-20(4-2)25(22,23)16-11-12(5-10-15(16)18)17(21)24-14-8-6-13(19)7-9-14/h5-11H,3-4H2,1-2H3. The van der Waals surface area contributed by atoms with Crippen LogP contribution in [0.4, 0.5) is 4.39 Å². The molecule has 5 nitrogen and oxygen atoms in total. The Morgan fingerprint density at radius 3 is 2.28 bits per heavy atom. The number of rotatable bonds is 6. The summed E-state index contributed by atoms with van der Waals surface area (Å²) in [6.45, 7) is 3.97. The molecule has 0 atom stereocenters. The van der Waals surface area contributed by atoms with E-state index in [0.717, 1.165) is 12.1 Å². The van der Waals surface area contributed by atoms with E-state index in [1.165, 1.54) is 34.6 Å². The number of ether oxygens (including phenoxy) is 1. The lowest BCUT2D eigenvalue weighted by Gasteiger charge is -2.19. The van der Waals surface area contributed by atoms with E-state index >= 15 is 0 Å². The van der Waals surface area contributed by atoms with Gasteiger partial charge in [-0.15, -0.1) is 0 Å². The van der Waals surface area contributed by atoms with Gasteiger partial charge in [0.2, 0.25) is 10.0 Å². The molecule has 0 saturated carbocycles. The highest BCUT2D eigenvalue weighted by molar-refractivity contribution is 7.89. The summed E-state index contributed by atoms with van der Waals surface area (Å²) in [6, 6.07) is 8.80. The fraction of sp³-hybridized carbons (Fsp3) is 0.235. The van der Waals surface area contributed by atoms with E-state index in [1.54, 1.807) is 13.8 Å². The predicted molar refractivity (Wildman–Crippen MR) is 92.9 cm³/mol. The largest absolute Gasteiger partial charge is 0.423 e. The second-order valence-corrected chi connectivity index (χ2v) is 7.39. The van der Waals surface area contributed by atoms with E-state index in [2.05, 4.69) is 0 Å². The van der Waals surface area contributed by atoms with Crippen LogP contribution in [0.25, 0.3) is 0 Å². The lowest BCUT2D eigenvalue weighted by atomic mass is 10.2. The highest BCUT2D eigenvalue weighted by atomic mass is 35.5. The molecule has 0 heterocycles. The van der Waals surface area contributed by atoms with Crippen molar-refractivity contribution < 1.29 is 22.3 Å². The number of hydrogen-bond acceptors (Lipinski definition) is 4. The van der Waals surface area contributed by atoms with Crippen molar-refractivity contribution in [3.05, 3.63) is 58.9 Å². The SMILES string of the molecule is CCN(CC)S(=O)(=O)c1cc(C(=O)Oc2ccc(F)cc2)ccc1Cl. The lowest BCUT2D eigenvalue weighted by Crippen LogP contribution is -2.31. The molecule has 2 aromatic rings. The Hall–Kier alpha value is -1.96. The molecule has 0 spiro atoms. The molecule has 2 rings (SSSR count). The number of esters is 1. The molecular weight excluding hydrogens is 369 g/mol. The molecule has 0 fully saturated rings. The second kappa shape index (κ2) is 7.95. The first kappa shape index (κ1) is 19.4. The Morgan fingerprint density at radius 1 is 1.12 bits per heavy atom. The van der Waals surface area contributed by atoms with Crippen molar-refractivity contribution in [3.63, 3.8) is 0 Å². The van der Waals surface area contributed by atoms with Crippen molar-refractivity contribution in [1.82, 2.24) is 4.31 Å². The van der Waals surface area contributed by atoms with E-state index in [-0.39, 0.29) is 34.3 Å². The zero-order chi connectivity index (χ0) is 18.6. The number of nitrogens with zero attached hydrogens (tertiary/aromatic N) is 1. The summed E-state index contributed by atoms with van der Waals surface area (Å²) in [5, 5.41) is 0.0187. The van der Waals surface area contributed by atoms with Crippen LogP contribution in [0.3, 0.4) is 0 Å². The summed E-state index contributed by atoms with van der Waals surface area (Å²) in [5.41, 5.74) is 0.0273. The van der Waals surface area contributed by atoms with Gasteiger partial charge in [-0.05, 0) is 42.5 Å². The quantitative estimate of drug-likeness (QED) is 0.561. The second-order valence-electron chi connectivity index (χ2n) is 5.08. The number of benzene rings is 2. The molecule has 25 heavy (non-hydrogen) atoms. The number of carbonyl (C=O) groups is 1. The summed E-state index contributed by atoms with van der Waals surface area (Å²) in [4.78, 5) is 12.1. The van der Waals surface area contributed by atoms with Crippen molar-refractivity contribution in [2.45, 2.75) is 18.7 Å². The van der Waals surface area contributed by atoms with Crippen LogP contribution in [-0.2, 0) is 10.0 Å². The Morgan fingerprint density at radius 2 is 1.72 bits per heavy atom. The van der Waals surface area contributed by atoms with Crippen molar-refractivity contribution in [2.24, 2.45) is 0 Å². The molecule has 0 radical (unpaired) electrons. The van der Waals surface area contributed by atoms with Crippen LogP contribution in [0, 0.1) is 5.82 Å². The summed E-state index contributed by atoms with van der Waals surface area (Å²) >= 11 is 6.02. The van der Waals surface area contributed by atoms with Crippen molar-refractivity contribution in [3.8, 4) is 5.75 Å². The molecule has 0 aliphatic heterocycles. The molecule has 0 bridgehead atoms. The van der Waals surface area contributed by atoms with Crippen LogP contribution in [0.2, 0.25) is 5.02 Å². The van der Waals surface area contributed by atoms with Gasteiger partial charge in [0, 0.05) is 13.1 Å². The molecule has 0 aromatic heterocycles. The summed E-state index contributed by atoms with van der Waals surface area (Å²) in [5.74, 6) is -1.08. The first-order valence-corrected chi connectivity index (χ1v) is 9.38. The molecule has 0 aliphatic rings. The molecule has 0 aliphatic carbocycles. The number of carbonyl (C=O) groups excluding carboxylic acids is 1. The summed E-state index contributed by atoms with van der Waals surface area (Å²) < 4.78 is 44.5. The molecule has 0 N–H and O–H groups in total. The fourth-order valence-corrected chi connectivity index (χ4v) is 4.16. The van der Waals surface area contributed by atoms with E-state index < -0.39 is 21.8 Å². The normalized spacial score (nSPS) is 11.6. The third-order valence-electron chi connectivity index (χ3n) is 3.51. The third kappa shape index (κ3) is 4.36. The minimum absolute atomic E-state index is 0.0187. The molecule has 0 saturated heterocycles. The average Bonchev–Trinajstić information content (AvgIpc) is 2.58. The Bertz CT molecular complexity index is 865. The smallest absolute Gasteiger partial charge is 0.343 e. The predicted octanol–water partition coefficient (Wildman–Crippen LogP) is 3.73. The summed E-state index contributed by atoms with van der Waals surface area (Å²) in [6.07, 6.45) is 0. The minimum Gasteiger partial charge on any atom is -0.423 e. The molecule has 2 aromatic carbocycles. The van der Waals surface area contributed by atoms with Gasteiger partial charge in [0.1, 0.15) is 16.5 Å². The zero-order valence-electron chi connectivity index (χ0n) is 13.7. The number of sulfonamides is 1. The fourth-order valence-electron chi connectivity index (χ4n) is 2.20. The topological polar surface area (TPSA) is 63.7 Å². The van der Waals surface area contributed by atoms with Crippen LogP contribution in [0.15, 0.2) is 47.4 Å². The minimum atomic E-state index is -3.82. The molecule has 0 amide bonds. The zero-order valence-corrected chi connectivity index (χ0v) is 15.3. The lowest BCUT2D eigenvalue weighted by molar-refractivity contribution is 0.0734. The van der Waals surface area contributed by atoms with Gasteiger partial charge in [-0.2, -0.15) is 4.31 Å². The van der Waals surface area contributed by atoms with E-state index in [4.69, 9.17) is 16.3 Å². The molecule has 0 unspecified atom stereocenters. The van der Waals surface area contributed by atoms with Crippen molar-refractivity contribution in [2.75, 3.05) is 13.1 Å². The van der Waals surface area contributed by atoms with Crippen LogP contribution >= 0.6 is 11.6 Å². The van der Waals surface area contributed by atoms with Gasteiger partial charge in [-0.3, -0.25) is 0 Å². The molecule has 134 valence electrons. The Kier molecular flexibility index (Phi) is 6.16.